The van der Waals surface area contributed by atoms with Crippen LogP contribution in [0, 0.1) is 6.92 Å². The fraction of sp³-hybridized carbons (Fsp3) is 0.143. The van der Waals surface area contributed by atoms with Crippen LogP contribution >= 0.6 is 0 Å². The standard InChI is InChI=1S/C7H8O3S.Sr.2H/c1-6-2-4-7(5-3-6)11(8,9)10;;;/h2-5H,1H3,(H,8,9,10);;;. The molecule has 12 heavy (non-hydrogen) atoms. The normalized spacial score (nSPS) is 10.5. The van der Waals surface area contributed by atoms with Gasteiger partial charge in [-0.2, -0.15) is 8.42 Å². The van der Waals surface area contributed by atoms with Crippen LogP contribution in [0.5, 0.6) is 0 Å². The molecule has 5 heteroatoms. The van der Waals surface area contributed by atoms with E-state index in [0.29, 0.717) is 0 Å². The van der Waals surface area contributed by atoms with Crippen LogP contribution in [0.4, 0.5) is 0 Å². The van der Waals surface area contributed by atoms with Crippen molar-refractivity contribution in [3.63, 3.8) is 0 Å². The van der Waals surface area contributed by atoms with Gasteiger partial charge in [0.1, 0.15) is 0 Å². The summed E-state index contributed by atoms with van der Waals surface area (Å²) in [6.45, 7) is 1.84. The molecule has 1 rings (SSSR count). The number of benzene rings is 1. The predicted molar refractivity (Wildman–Crippen MR) is 49.5 cm³/mol. The first-order valence-corrected chi connectivity index (χ1v) is 4.48. The second kappa shape index (κ2) is 4.74. The van der Waals surface area contributed by atoms with Crippen molar-refractivity contribution in [2.24, 2.45) is 0 Å². The topological polar surface area (TPSA) is 54.4 Å². The third-order valence-electron chi connectivity index (χ3n) is 1.32. The van der Waals surface area contributed by atoms with Crippen LogP contribution in [0.1, 0.15) is 5.56 Å². The van der Waals surface area contributed by atoms with Crippen LogP contribution in [0.2, 0.25) is 0 Å². The van der Waals surface area contributed by atoms with Crippen molar-refractivity contribution in [1.82, 2.24) is 0 Å². The molecule has 3 nitrogen and oxygen atoms in total. The molecule has 0 saturated carbocycles. The van der Waals surface area contributed by atoms with Crippen molar-refractivity contribution in [2.45, 2.75) is 11.8 Å². The van der Waals surface area contributed by atoms with Crippen LogP contribution < -0.4 is 0 Å². The van der Waals surface area contributed by atoms with Gasteiger partial charge < -0.3 is 0 Å². The molecule has 0 unspecified atom stereocenters. The average Bonchev–Trinajstić information content (AvgIpc) is 1.86. The van der Waals surface area contributed by atoms with E-state index in [1.165, 1.54) is 12.1 Å². The van der Waals surface area contributed by atoms with Crippen molar-refractivity contribution < 1.29 is 13.0 Å². The van der Waals surface area contributed by atoms with Crippen molar-refractivity contribution in [3.05, 3.63) is 29.8 Å². The van der Waals surface area contributed by atoms with Gasteiger partial charge in [0.25, 0.3) is 10.1 Å². The Balaban J connectivity index is 0.00000121. The Hall–Kier alpha value is 0.611. The third-order valence-corrected chi connectivity index (χ3v) is 2.19. The average molecular weight is 262 g/mol. The maximum absolute atomic E-state index is 10.5. The maximum atomic E-state index is 10.5. The van der Waals surface area contributed by atoms with Crippen LogP contribution in [-0.2, 0) is 10.1 Å². The summed E-state index contributed by atoms with van der Waals surface area (Å²) < 4.78 is 29.6. The molecule has 0 heterocycles. The van der Waals surface area contributed by atoms with Crippen LogP contribution in [0.25, 0.3) is 0 Å². The molecule has 0 aliphatic carbocycles. The number of aryl methyl sites for hydroxylation is 1. The first-order chi connectivity index (χ1) is 5.00. The summed E-state index contributed by atoms with van der Waals surface area (Å²) in [5.41, 5.74) is 0.956. The number of hydrogen-bond donors (Lipinski definition) is 1. The molecule has 0 spiro atoms. The fourth-order valence-electron chi connectivity index (χ4n) is 0.710. The molecule has 0 amide bonds. The summed E-state index contributed by atoms with van der Waals surface area (Å²) in [4.78, 5) is -0.0666. The summed E-state index contributed by atoms with van der Waals surface area (Å²) in [5.74, 6) is 0. The summed E-state index contributed by atoms with van der Waals surface area (Å²) in [6, 6.07) is 5.99. The number of rotatable bonds is 1. The van der Waals surface area contributed by atoms with E-state index < -0.39 is 10.1 Å². The van der Waals surface area contributed by atoms with Crippen LogP contribution in [-0.4, -0.2) is 58.5 Å². The third kappa shape index (κ3) is 3.55. The van der Waals surface area contributed by atoms with E-state index in [9.17, 15) is 8.42 Å². The van der Waals surface area contributed by atoms with Crippen molar-refractivity contribution >= 4 is 55.6 Å². The quantitative estimate of drug-likeness (QED) is 0.585. The Morgan fingerprint density at radius 1 is 1.17 bits per heavy atom. The Bertz CT molecular complexity index is 341. The summed E-state index contributed by atoms with van der Waals surface area (Å²) in [6.07, 6.45) is 0. The molecule has 0 bridgehead atoms. The molecule has 0 radical (unpaired) electrons. The van der Waals surface area contributed by atoms with Crippen molar-refractivity contribution in [1.29, 1.82) is 0 Å². The summed E-state index contributed by atoms with van der Waals surface area (Å²) in [7, 11) is -4.02. The van der Waals surface area contributed by atoms with Gasteiger partial charge >= 0.3 is 45.5 Å². The molecule has 0 saturated heterocycles. The molecule has 0 aromatic heterocycles. The van der Waals surface area contributed by atoms with Crippen molar-refractivity contribution in [2.75, 3.05) is 0 Å². The zero-order valence-electron chi connectivity index (χ0n) is 5.98. The van der Waals surface area contributed by atoms with Gasteiger partial charge in [0.05, 0.1) is 4.90 Å². The minimum atomic E-state index is -4.02. The molecular formula is C7H10O3SSr. The van der Waals surface area contributed by atoms with E-state index in [1.54, 1.807) is 12.1 Å². The fourth-order valence-corrected chi connectivity index (χ4v) is 1.19. The Kier molecular flexibility index (Phi) is 4.98. The SMILES string of the molecule is Cc1ccc(S(=O)(=O)O)cc1.[SrH2]. The first-order valence-electron chi connectivity index (χ1n) is 3.04. The van der Waals surface area contributed by atoms with Crippen LogP contribution in [0.3, 0.4) is 0 Å². The number of hydrogen-bond acceptors (Lipinski definition) is 2. The first kappa shape index (κ1) is 12.6. The Morgan fingerprint density at radius 3 is 1.92 bits per heavy atom. The van der Waals surface area contributed by atoms with Gasteiger partial charge in [0.15, 0.2) is 0 Å². The Labute approximate surface area is 109 Å². The molecule has 0 aliphatic rings. The van der Waals surface area contributed by atoms with E-state index in [2.05, 4.69) is 0 Å². The van der Waals surface area contributed by atoms with Gasteiger partial charge in [-0.15, -0.1) is 0 Å². The van der Waals surface area contributed by atoms with Crippen LogP contribution in [0.15, 0.2) is 29.2 Å². The van der Waals surface area contributed by atoms with Gasteiger partial charge in [0.2, 0.25) is 0 Å². The van der Waals surface area contributed by atoms with E-state index in [-0.39, 0.29) is 50.4 Å². The van der Waals surface area contributed by atoms with Gasteiger partial charge in [-0.25, -0.2) is 0 Å². The van der Waals surface area contributed by atoms with E-state index in [0.717, 1.165) is 5.56 Å². The van der Waals surface area contributed by atoms with Crippen molar-refractivity contribution in [3.8, 4) is 0 Å². The Morgan fingerprint density at radius 2 is 1.58 bits per heavy atom. The minimum absolute atomic E-state index is 0. The molecule has 0 fully saturated rings. The molecule has 0 aliphatic heterocycles. The van der Waals surface area contributed by atoms with E-state index in [4.69, 9.17) is 4.55 Å². The van der Waals surface area contributed by atoms with Gasteiger partial charge in [-0.05, 0) is 19.1 Å². The van der Waals surface area contributed by atoms with Gasteiger partial charge in [-0.1, -0.05) is 17.7 Å². The van der Waals surface area contributed by atoms with E-state index in [1.807, 2.05) is 6.92 Å². The molecule has 64 valence electrons. The summed E-state index contributed by atoms with van der Waals surface area (Å²) in [5, 5.41) is 0. The zero-order chi connectivity index (χ0) is 8.48. The second-order valence-electron chi connectivity index (χ2n) is 2.29. The van der Waals surface area contributed by atoms with Gasteiger partial charge in [0, 0.05) is 0 Å². The zero-order valence-corrected chi connectivity index (χ0v) is 6.80. The van der Waals surface area contributed by atoms with Gasteiger partial charge in [-0.3, -0.25) is 4.55 Å². The predicted octanol–water partition coefficient (Wildman–Crippen LogP) is 0.326. The molecule has 1 aromatic carbocycles. The second-order valence-corrected chi connectivity index (χ2v) is 3.71. The summed E-state index contributed by atoms with van der Waals surface area (Å²) >= 11 is 0. The molecule has 1 aromatic rings. The monoisotopic (exact) mass is 262 g/mol. The van der Waals surface area contributed by atoms with E-state index >= 15 is 0 Å². The molecule has 1 N–H and O–H groups in total. The molecule has 0 atom stereocenters. The molecular weight excluding hydrogens is 252 g/mol.